The maximum absolute atomic E-state index is 13.9. The van der Waals surface area contributed by atoms with Gasteiger partial charge in [-0.2, -0.15) is 0 Å². The van der Waals surface area contributed by atoms with Gasteiger partial charge in [0, 0.05) is 31.2 Å². The fourth-order valence-electron chi connectivity index (χ4n) is 7.66. The smallest absolute Gasteiger partial charge is 0.237 e. The number of methoxy groups -OCH3 is 1. The summed E-state index contributed by atoms with van der Waals surface area (Å²) in [6.45, 7) is 2.53. The lowest BCUT2D eigenvalue weighted by molar-refractivity contribution is -0.153. The van der Waals surface area contributed by atoms with Gasteiger partial charge in [-0.25, -0.2) is 13.1 Å². The molecule has 188 valence electrons. The van der Waals surface area contributed by atoms with Crippen LogP contribution < -0.4 is 9.46 Å². The second-order valence-corrected chi connectivity index (χ2v) is 13.2. The summed E-state index contributed by atoms with van der Waals surface area (Å²) in [5, 5.41) is 0. The van der Waals surface area contributed by atoms with Gasteiger partial charge in [0.1, 0.15) is 5.75 Å². The van der Waals surface area contributed by atoms with E-state index in [1.165, 1.54) is 25.5 Å². The molecule has 1 heterocycles. The zero-order chi connectivity index (χ0) is 23.9. The van der Waals surface area contributed by atoms with Crippen LogP contribution in [0.5, 0.6) is 5.75 Å². The molecule has 6 rings (SSSR count). The molecule has 8 heteroatoms. The van der Waals surface area contributed by atoms with Crippen molar-refractivity contribution in [3.63, 3.8) is 0 Å². The number of carbonyl (C=O) groups excluding carboxylic acids is 1. The Morgan fingerprint density at radius 1 is 1.12 bits per heavy atom. The molecule has 0 spiro atoms. The first kappa shape index (κ1) is 24.1. The van der Waals surface area contributed by atoms with Crippen molar-refractivity contribution < 1.29 is 17.9 Å². The highest BCUT2D eigenvalue weighted by molar-refractivity contribution is 7.88. The molecule has 0 unspecified atom stereocenters. The van der Waals surface area contributed by atoms with Gasteiger partial charge in [-0.3, -0.25) is 9.69 Å². The van der Waals surface area contributed by atoms with Gasteiger partial charge < -0.3 is 9.64 Å². The highest BCUT2D eigenvalue weighted by atomic mass is 32.2. The molecule has 0 aromatic heterocycles. The molecule has 1 amide bonds. The van der Waals surface area contributed by atoms with E-state index in [2.05, 4.69) is 26.7 Å². The Labute approximate surface area is 204 Å². The van der Waals surface area contributed by atoms with E-state index in [0.29, 0.717) is 13.1 Å². The summed E-state index contributed by atoms with van der Waals surface area (Å²) in [6.07, 6.45) is 10.2. The molecule has 1 N–H and O–H groups in total. The Hall–Kier alpha value is -1.64. The maximum Gasteiger partial charge on any atom is 0.237 e. The molecule has 1 aliphatic heterocycles. The van der Waals surface area contributed by atoms with E-state index in [1.54, 1.807) is 7.11 Å². The number of ether oxygens (including phenoxy) is 1. The summed E-state index contributed by atoms with van der Waals surface area (Å²) < 4.78 is 31.3. The molecule has 0 radical (unpaired) electrons. The molecular formula is C26H39N3O4S. The van der Waals surface area contributed by atoms with Crippen LogP contribution in [0.1, 0.15) is 56.9 Å². The number of rotatable bonds is 8. The van der Waals surface area contributed by atoms with Crippen LogP contribution in [0.4, 0.5) is 0 Å². The lowest BCUT2D eigenvalue weighted by Gasteiger charge is -2.60. The van der Waals surface area contributed by atoms with E-state index >= 15 is 0 Å². The second kappa shape index (κ2) is 9.43. The van der Waals surface area contributed by atoms with Crippen LogP contribution in [0.25, 0.3) is 0 Å². The van der Waals surface area contributed by atoms with Crippen molar-refractivity contribution in [2.75, 3.05) is 33.0 Å². The number of sulfonamides is 1. The molecule has 1 aromatic rings. The average Bonchev–Trinajstić information content (AvgIpc) is 2.77. The van der Waals surface area contributed by atoms with E-state index in [4.69, 9.17) is 4.74 Å². The number of amides is 1. The molecule has 4 aliphatic carbocycles. The van der Waals surface area contributed by atoms with Crippen LogP contribution in [-0.4, -0.2) is 68.7 Å². The molecule has 5 aliphatic rings. The first-order valence-electron chi connectivity index (χ1n) is 12.8. The van der Waals surface area contributed by atoms with Gasteiger partial charge in [0.25, 0.3) is 0 Å². The van der Waals surface area contributed by atoms with Crippen LogP contribution in [0.3, 0.4) is 0 Å². The van der Waals surface area contributed by atoms with Crippen LogP contribution in [-0.2, 0) is 21.4 Å². The van der Waals surface area contributed by atoms with Gasteiger partial charge in [0.2, 0.25) is 15.9 Å². The minimum atomic E-state index is -3.20. The zero-order valence-corrected chi connectivity index (χ0v) is 21.4. The van der Waals surface area contributed by atoms with Crippen LogP contribution in [0, 0.1) is 17.8 Å². The number of hydrogen-bond donors (Lipinski definition) is 1. The third-order valence-electron chi connectivity index (χ3n) is 8.68. The Morgan fingerprint density at radius 2 is 1.74 bits per heavy atom. The summed E-state index contributed by atoms with van der Waals surface area (Å²) in [4.78, 5) is 18.4. The van der Waals surface area contributed by atoms with Crippen LogP contribution in [0.2, 0.25) is 0 Å². The van der Waals surface area contributed by atoms with Crippen LogP contribution >= 0.6 is 0 Å². The van der Waals surface area contributed by atoms with Gasteiger partial charge >= 0.3 is 0 Å². The van der Waals surface area contributed by atoms with Crippen molar-refractivity contribution in [2.24, 2.45) is 17.8 Å². The summed E-state index contributed by atoms with van der Waals surface area (Å²) in [6, 6.07) is 8.09. The van der Waals surface area contributed by atoms with E-state index in [1.807, 2.05) is 12.1 Å². The lowest BCUT2D eigenvalue weighted by Crippen LogP contribution is -2.62. The van der Waals surface area contributed by atoms with E-state index in [0.717, 1.165) is 74.3 Å². The van der Waals surface area contributed by atoms with E-state index < -0.39 is 10.0 Å². The SMILES string of the molecule is COc1cccc(CN(C(=O)CN2CCC(NS(C)(=O)=O)CC2)C23CC4CC(CC(C4)C2)C3)c1. The van der Waals surface area contributed by atoms with Crippen molar-refractivity contribution in [1.29, 1.82) is 0 Å². The first-order valence-corrected chi connectivity index (χ1v) is 14.7. The van der Waals surface area contributed by atoms with Crippen molar-refractivity contribution >= 4 is 15.9 Å². The van der Waals surface area contributed by atoms with Gasteiger partial charge in [-0.15, -0.1) is 0 Å². The fourth-order valence-corrected chi connectivity index (χ4v) is 8.50. The monoisotopic (exact) mass is 489 g/mol. The first-order chi connectivity index (χ1) is 16.2. The predicted octanol–water partition coefficient (Wildman–Crippen LogP) is 3.01. The quantitative estimate of drug-likeness (QED) is 0.607. The third-order valence-corrected chi connectivity index (χ3v) is 9.44. The average molecular weight is 490 g/mol. The molecule has 1 aromatic carbocycles. The molecule has 5 fully saturated rings. The minimum Gasteiger partial charge on any atom is -0.497 e. The normalized spacial score (nSPS) is 31.5. The number of carbonyl (C=O) groups is 1. The topological polar surface area (TPSA) is 79.0 Å². The van der Waals surface area contributed by atoms with E-state index in [9.17, 15) is 13.2 Å². The van der Waals surface area contributed by atoms with Crippen molar-refractivity contribution in [3.05, 3.63) is 29.8 Å². The highest BCUT2D eigenvalue weighted by Crippen LogP contribution is 2.58. The predicted molar refractivity (Wildman–Crippen MR) is 132 cm³/mol. The molecular weight excluding hydrogens is 450 g/mol. The summed E-state index contributed by atoms with van der Waals surface area (Å²) in [5.41, 5.74) is 1.12. The van der Waals surface area contributed by atoms with Gasteiger partial charge in [0.05, 0.1) is 19.9 Å². The molecule has 0 atom stereocenters. The summed E-state index contributed by atoms with van der Waals surface area (Å²) >= 11 is 0. The number of likely N-dealkylation sites (tertiary alicyclic amines) is 1. The minimum absolute atomic E-state index is 0.00885. The molecule has 4 saturated carbocycles. The summed E-state index contributed by atoms with van der Waals surface area (Å²) in [7, 11) is -1.51. The number of hydrogen-bond acceptors (Lipinski definition) is 5. The Kier molecular flexibility index (Phi) is 6.68. The Morgan fingerprint density at radius 3 is 2.29 bits per heavy atom. The Balaban J connectivity index is 1.32. The molecule has 34 heavy (non-hydrogen) atoms. The molecule has 1 saturated heterocycles. The Bertz CT molecular complexity index is 968. The zero-order valence-electron chi connectivity index (χ0n) is 20.5. The third kappa shape index (κ3) is 5.29. The lowest BCUT2D eigenvalue weighted by atomic mass is 9.52. The second-order valence-electron chi connectivity index (χ2n) is 11.4. The van der Waals surface area contributed by atoms with Gasteiger partial charge in [-0.05, 0) is 86.8 Å². The number of piperidine rings is 1. The molecule has 4 bridgehead atoms. The van der Waals surface area contributed by atoms with Crippen LogP contribution in [0.15, 0.2) is 24.3 Å². The molecule has 7 nitrogen and oxygen atoms in total. The fraction of sp³-hybridized carbons (Fsp3) is 0.731. The van der Waals surface area contributed by atoms with Crippen molar-refractivity contribution in [3.8, 4) is 5.75 Å². The highest BCUT2D eigenvalue weighted by Gasteiger charge is 2.54. The van der Waals surface area contributed by atoms with E-state index in [-0.39, 0.29) is 17.5 Å². The maximum atomic E-state index is 13.9. The number of benzene rings is 1. The number of nitrogens with one attached hydrogen (secondary N) is 1. The van der Waals surface area contributed by atoms with Gasteiger partial charge in [-0.1, -0.05) is 12.1 Å². The number of nitrogens with zero attached hydrogens (tertiary/aromatic N) is 2. The van der Waals surface area contributed by atoms with Crippen molar-refractivity contribution in [1.82, 2.24) is 14.5 Å². The summed E-state index contributed by atoms with van der Waals surface area (Å²) in [5.74, 6) is 3.36. The van der Waals surface area contributed by atoms with Crippen molar-refractivity contribution in [2.45, 2.75) is 69.5 Å². The van der Waals surface area contributed by atoms with Gasteiger partial charge in [0.15, 0.2) is 0 Å². The largest absolute Gasteiger partial charge is 0.497 e. The standard InChI is InChI=1S/C26H39N3O4S/c1-33-24-5-3-4-19(13-24)17-29(26-14-20-10-21(15-26)12-22(11-20)16-26)25(30)18-28-8-6-23(7-9-28)27-34(2,31)32/h3-5,13,20-23,27H,6-12,14-18H2,1-2H3.